The third kappa shape index (κ3) is 5.72. The van der Waals surface area contributed by atoms with Crippen LogP contribution in [0.3, 0.4) is 0 Å². The largest absolute Gasteiger partial charge is 0.507 e. The molecule has 0 saturated carbocycles. The Morgan fingerprint density at radius 3 is 2.07 bits per heavy atom. The molecule has 1 atom stereocenters. The van der Waals surface area contributed by atoms with Gasteiger partial charge in [-0.05, 0) is 67.8 Å². The highest BCUT2D eigenvalue weighted by molar-refractivity contribution is 6.51. The number of ketones is 1. The molecule has 1 amide bonds. The summed E-state index contributed by atoms with van der Waals surface area (Å²) in [5.41, 5.74) is 3.39. The summed E-state index contributed by atoms with van der Waals surface area (Å²) in [7, 11) is 0. The molecule has 4 aromatic rings. The molecule has 4 aromatic carbocycles. The van der Waals surface area contributed by atoms with Gasteiger partial charge >= 0.3 is 0 Å². The van der Waals surface area contributed by atoms with E-state index in [1.165, 1.54) is 4.90 Å². The monoisotopic (exact) mass is 563 g/mol. The maximum Gasteiger partial charge on any atom is 0.300 e. The van der Waals surface area contributed by atoms with Gasteiger partial charge < -0.3 is 19.3 Å². The van der Waals surface area contributed by atoms with Gasteiger partial charge in [-0.25, -0.2) is 0 Å². The number of hydrogen-bond donors (Lipinski definition) is 1. The lowest BCUT2D eigenvalue weighted by Crippen LogP contribution is -2.29. The molecule has 1 N–H and O–H groups in total. The highest BCUT2D eigenvalue weighted by atomic mass is 16.5. The number of rotatable bonds is 10. The first-order valence-electron chi connectivity index (χ1n) is 14.0. The first-order chi connectivity index (χ1) is 20.4. The summed E-state index contributed by atoms with van der Waals surface area (Å²) in [4.78, 5) is 28.6. The summed E-state index contributed by atoms with van der Waals surface area (Å²) in [5.74, 6) is -0.0910. The van der Waals surface area contributed by atoms with E-state index in [0.717, 1.165) is 11.1 Å². The number of anilines is 1. The van der Waals surface area contributed by atoms with Crippen molar-refractivity contribution in [2.24, 2.45) is 0 Å². The summed E-state index contributed by atoms with van der Waals surface area (Å²) < 4.78 is 17.5. The zero-order valence-corrected chi connectivity index (χ0v) is 23.9. The summed E-state index contributed by atoms with van der Waals surface area (Å²) >= 11 is 0. The van der Waals surface area contributed by atoms with Crippen LogP contribution in [0.2, 0.25) is 0 Å². The van der Waals surface area contributed by atoms with Crippen molar-refractivity contribution in [1.29, 1.82) is 0 Å². The van der Waals surface area contributed by atoms with Crippen LogP contribution in [0.5, 0.6) is 17.2 Å². The molecule has 214 valence electrons. The molecule has 1 aliphatic heterocycles. The standard InChI is InChI=1S/C35H33NO6/c1-4-40-29-19-17-27(21-30(29)41-5-2)36-32(25-14-10-7-11-15-25)31(34(38)35(36)39)33(37)26-16-18-28(23(3)20-26)42-22-24-12-8-6-9-13-24/h6-21,32,37H,4-5,22H2,1-3H3/b33-31+. The first-order valence-corrected chi connectivity index (χ1v) is 14.0. The normalized spacial score (nSPS) is 16.0. The fourth-order valence-electron chi connectivity index (χ4n) is 5.09. The van der Waals surface area contributed by atoms with Crippen LogP contribution in [0.15, 0.2) is 103 Å². The number of Topliss-reactive ketones (excluding diaryl/α,β-unsaturated/α-hetero) is 1. The lowest BCUT2D eigenvalue weighted by molar-refractivity contribution is -0.132. The Labute approximate surface area is 245 Å². The van der Waals surface area contributed by atoms with Crippen molar-refractivity contribution in [3.8, 4) is 17.2 Å². The number of amides is 1. The molecule has 1 unspecified atom stereocenters. The quantitative estimate of drug-likeness (QED) is 0.127. The fraction of sp³-hybridized carbons (Fsp3) is 0.200. The van der Waals surface area contributed by atoms with Gasteiger partial charge in [0.05, 0.1) is 24.8 Å². The number of hydrogen-bond acceptors (Lipinski definition) is 6. The minimum absolute atomic E-state index is 0.00963. The maximum absolute atomic E-state index is 13.6. The third-order valence-corrected chi connectivity index (χ3v) is 7.05. The minimum Gasteiger partial charge on any atom is -0.507 e. The molecule has 0 aromatic heterocycles. The lowest BCUT2D eigenvalue weighted by Gasteiger charge is -2.26. The van der Waals surface area contributed by atoms with E-state index in [1.54, 1.807) is 36.4 Å². The van der Waals surface area contributed by atoms with Crippen LogP contribution < -0.4 is 19.1 Å². The van der Waals surface area contributed by atoms with Crippen LogP contribution in [-0.2, 0) is 16.2 Å². The number of aliphatic hydroxyl groups is 1. The van der Waals surface area contributed by atoms with Gasteiger partial charge in [0.2, 0.25) is 0 Å². The molecule has 0 radical (unpaired) electrons. The van der Waals surface area contributed by atoms with Crippen molar-refractivity contribution in [3.63, 3.8) is 0 Å². The Bertz CT molecular complexity index is 1610. The summed E-state index contributed by atoms with van der Waals surface area (Å²) in [6, 6.07) is 28.5. The number of carbonyl (C=O) groups is 2. The van der Waals surface area contributed by atoms with E-state index >= 15 is 0 Å². The molecule has 42 heavy (non-hydrogen) atoms. The second-order valence-corrected chi connectivity index (χ2v) is 9.83. The van der Waals surface area contributed by atoms with E-state index in [9.17, 15) is 14.7 Å². The van der Waals surface area contributed by atoms with Crippen LogP contribution in [0.25, 0.3) is 5.76 Å². The predicted molar refractivity (Wildman–Crippen MR) is 162 cm³/mol. The van der Waals surface area contributed by atoms with Gasteiger partial charge in [0.15, 0.2) is 11.5 Å². The second kappa shape index (κ2) is 12.6. The fourth-order valence-corrected chi connectivity index (χ4v) is 5.09. The number of aliphatic hydroxyl groups excluding tert-OH is 1. The number of ether oxygens (including phenoxy) is 3. The van der Waals surface area contributed by atoms with Gasteiger partial charge in [0.25, 0.3) is 11.7 Å². The zero-order valence-electron chi connectivity index (χ0n) is 23.9. The highest BCUT2D eigenvalue weighted by Crippen LogP contribution is 2.44. The minimum atomic E-state index is -0.854. The van der Waals surface area contributed by atoms with E-state index < -0.39 is 17.7 Å². The third-order valence-electron chi connectivity index (χ3n) is 7.05. The molecule has 1 fully saturated rings. The van der Waals surface area contributed by atoms with Crippen molar-refractivity contribution < 1.29 is 28.9 Å². The van der Waals surface area contributed by atoms with Crippen molar-refractivity contribution in [1.82, 2.24) is 0 Å². The number of nitrogens with zero attached hydrogens (tertiary/aromatic N) is 1. The van der Waals surface area contributed by atoms with Crippen LogP contribution in [0, 0.1) is 6.92 Å². The van der Waals surface area contributed by atoms with Gasteiger partial charge in [-0.1, -0.05) is 60.7 Å². The van der Waals surface area contributed by atoms with Gasteiger partial charge in [-0.15, -0.1) is 0 Å². The van der Waals surface area contributed by atoms with E-state index in [1.807, 2.05) is 81.4 Å². The predicted octanol–water partition coefficient (Wildman–Crippen LogP) is 7.00. The van der Waals surface area contributed by atoms with E-state index in [2.05, 4.69) is 0 Å². The smallest absolute Gasteiger partial charge is 0.300 e. The Morgan fingerprint density at radius 2 is 1.40 bits per heavy atom. The zero-order chi connectivity index (χ0) is 29.6. The molecule has 0 spiro atoms. The molecular formula is C35H33NO6. The average molecular weight is 564 g/mol. The van der Waals surface area contributed by atoms with Crippen LogP contribution in [-0.4, -0.2) is 30.0 Å². The highest BCUT2D eigenvalue weighted by Gasteiger charge is 2.47. The van der Waals surface area contributed by atoms with Gasteiger partial charge in [-0.2, -0.15) is 0 Å². The molecule has 1 aliphatic rings. The molecule has 5 rings (SSSR count). The number of aryl methyl sites for hydroxylation is 1. The summed E-state index contributed by atoms with van der Waals surface area (Å²) in [6.45, 7) is 6.86. The molecule has 1 saturated heterocycles. The second-order valence-electron chi connectivity index (χ2n) is 9.83. The van der Waals surface area contributed by atoms with E-state index in [-0.39, 0.29) is 11.3 Å². The Morgan fingerprint density at radius 1 is 0.762 bits per heavy atom. The molecule has 0 aliphatic carbocycles. The van der Waals surface area contributed by atoms with Gasteiger partial charge in [0, 0.05) is 17.3 Å². The molecule has 7 nitrogen and oxygen atoms in total. The Hall–Kier alpha value is -5.04. The average Bonchev–Trinajstić information content (AvgIpc) is 3.28. The Balaban J connectivity index is 1.55. The lowest BCUT2D eigenvalue weighted by atomic mass is 9.94. The van der Waals surface area contributed by atoms with E-state index in [4.69, 9.17) is 14.2 Å². The summed E-state index contributed by atoms with van der Waals surface area (Å²) in [6.07, 6.45) is 0. The maximum atomic E-state index is 13.6. The molecule has 0 bridgehead atoms. The van der Waals surface area contributed by atoms with Gasteiger partial charge in [0.1, 0.15) is 18.1 Å². The number of carbonyl (C=O) groups excluding carboxylic acids is 2. The first kappa shape index (κ1) is 28.5. The SMILES string of the molecule is CCOc1ccc(N2C(=O)C(=O)/C(=C(/O)c3ccc(OCc4ccccc4)c(C)c3)C2c2ccccc2)cc1OCC. The topological polar surface area (TPSA) is 85.3 Å². The van der Waals surface area contributed by atoms with E-state index in [0.29, 0.717) is 53.9 Å². The van der Waals surface area contributed by atoms with Crippen LogP contribution >= 0.6 is 0 Å². The van der Waals surface area contributed by atoms with Crippen LogP contribution in [0.4, 0.5) is 5.69 Å². The molecule has 1 heterocycles. The van der Waals surface area contributed by atoms with Crippen LogP contribution in [0.1, 0.15) is 42.1 Å². The van der Waals surface area contributed by atoms with Crippen molar-refractivity contribution in [2.45, 2.75) is 33.4 Å². The van der Waals surface area contributed by atoms with Crippen molar-refractivity contribution in [3.05, 3.63) is 125 Å². The number of benzene rings is 4. The molecule has 7 heteroatoms. The summed E-state index contributed by atoms with van der Waals surface area (Å²) in [5, 5.41) is 11.6. The molecular weight excluding hydrogens is 530 g/mol. The Kier molecular flexibility index (Phi) is 8.58. The van der Waals surface area contributed by atoms with Crippen molar-refractivity contribution in [2.75, 3.05) is 18.1 Å². The van der Waals surface area contributed by atoms with Crippen molar-refractivity contribution >= 4 is 23.1 Å². The van der Waals surface area contributed by atoms with Gasteiger partial charge in [-0.3, -0.25) is 14.5 Å².